The Morgan fingerprint density at radius 2 is 1.89 bits per heavy atom. The normalized spacial score (nSPS) is 15.4. The highest BCUT2D eigenvalue weighted by atomic mass is 35.5. The predicted octanol–water partition coefficient (Wildman–Crippen LogP) is 6.08. The number of rotatable bonds is 5. The maximum Gasteiger partial charge on any atom is 0.404 e. The second kappa shape index (κ2) is 10.6. The van der Waals surface area contributed by atoms with Crippen LogP contribution < -0.4 is 5.32 Å². The Balaban J connectivity index is 1.40. The van der Waals surface area contributed by atoms with E-state index in [1.165, 1.54) is 0 Å². The molecule has 3 heterocycles. The van der Waals surface area contributed by atoms with E-state index in [0.717, 1.165) is 22.1 Å². The molecule has 10 heteroatoms. The summed E-state index contributed by atoms with van der Waals surface area (Å²) in [6, 6.07) is 16.2. The largest absolute Gasteiger partial charge is 0.465 e. The fraction of sp³-hybridized carbons (Fsp3) is 0.143. The van der Waals surface area contributed by atoms with Crippen LogP contribution >= 0.6 is 23.2 Å². The molecule has 5 rings (SSSR count). The molecule has 1 atom stereocenters. The van der Waals surface area contributed by atoms with Crippen LogP contribution in [0.25, 0.3) is 33.8 Å². The first-order chi connectivity index (χ1) is 18.3. The number of nitrogens with zero attached hydrogens (tertiary/aromatic N) is 3. The van der Waals surface area contributed by atoms with Crippen molar-refractivity contribution >= 4 is 57.9 Å². The van der Waals surface area contributed by atoms with Gasteiger partial charge in [0, 0.05) is 53.1 Å². The van der Waals surface area contributed by atoms with Gasteiger partial charge in [0.15, 0.2) is 0 Å². The molecule has 2 aromatic heterocycles. The standard InChI is InChI=1S/C28H21Cl2N5O3/c29-23-2-1-3-24(30)25(23)18(12-31)10-20-14-33-26-22(20)11-19(13-32-26)16-4-6-17(7-5-16)27(36)35-9-8-21(15-35)34-28(37)38/h1-7,10-11,13-14,21,34H,8-9,15H2,(H,32,33)(H,37,38)/b18-10+. The van der Waals surface area contributed by atoms with E-state index in [4.69, 9.17) is 28.3 Å². The molecule has 1 aliphatic heterocycles. The zero-order valence-corrected chi connectivity index (χ0v) is 21.4. The topological polar surface area (TPSA) is 122 Å². The number of benzene rings is 2. The van der Waals surface area contributed by atoms with E-state index < -0.39 is 6.09 Å². The number of likely N-dealkylation sites (tertiary alicyclic amines) is 1. The Hall–Kier alpha value is -4.32. The zero-order valence-electron chi connectivity index (χ0n) is 19.9. The SMILES string of the molecule is N#C/C(=C\c1c[nH]c2ncc(-c3ccc(C(=O)N4CCC(NC(=O)O)C4)cc3)cc12)c1c(Cl)cccc1Cl. The van der Waals surface area contributed by atoms with Crippen LogP contribution in [0.1, 0.15) is 27.9 Å². The van der Waals surface area contributed by atoms with Gasteiger partial charge in [-0.05, 0) is 48.4 Å². The van der Waals surface area contributed by atoms with E-state index in [2.05, 4.69) is 21.4 Å². The van der Waals surface area contributed by atoms with Gasteiger partial charge in [-0.25, -0.2) is 9.78 Å². The third-order valence-electron chi connectivity index (χ3n) is 6.48. The van der Waals surface area contributed by atoms with E-state index in [1.807, 2.05) is 18.2 Å². The number of nitriles is 1. The summed E-state index contributed by atoms with van der Waals surface area (Å²) in [5.41, 5.74) is 4.46. The van der Waals surface area contributed by atoms with E-state index in [-0.39, 0.29) is 11.9 Å². The first-order valence-electron chi connectivity index (χ1n) is 11.8. The second-order valence-electron chi connectivity index (χ2n) is 8.89. The number of aromatic amines is 1. The summed E-state index contributed by atoms with van der Waals surface area (Å²) < 4.78 is 0. The van der Waals surface area contributed by atoms with Gasteiger partial charge in [-0.15, -0.1) is 0 Å². The van der Waals surface area contributed by atoms with Crippen molar-refractivity contribution in [2.75, 3.05) is 13.1 Å². The minimum atomic E-state index is -1.09. The fourth-order valence-corrected chi connectivity index (χ4v) is 5.20. The molecule has 2 aromatic carbocycles. The summed E-state index contributed by atoms with van der Waals surface area (Å²) >= 11 is 12.6. The van der Waals surface area contributed by atoms with Gasteiger partial charge in [-0.1, -0.05) is 41.4 Å². The molecule has 4 aromatic rings. The molecule has 38 heavy (non-hydrogen) atoms. The van der Waals surface area contributed by atoms with Crippen molar-refractivity contribution in [3.8, 4) is 17.2 Å². The number of pyridine rings is 1. The number of nitrogens with one attached hydrogen (secondary N) is 2. The van der Waals surface area contributed by atoms with Crippen LogP contribution in [-0.2, 0) is 0 Å². The molecule has 0 spiro atoms. The third kappa shape index (κ3) is 5.07. The van der Waals surface area contributed by atoms with Gasteiger partial charge in [0.1, 0.15) is 5.65 Å². The summed E-state index contributed by atoms with van der Waals surface area (Å²) in [5, 5.41) is 22.7. The summed E-state index contributed by atoms with van der Waals surface area (Å²) in [5.74, 6) is -0.139. The molecule has 1 fully saturated rings. The predicted molar refractivity (Wildman–Crippen MR) is 147 cm³/mol. The summed E-state index contributed by atoms with van der Waals surface area (Å²) in [7, 11) is 0. The molecule has 0 saturated carbocycles. The Bertz CT molecular complexity index is 1600. The smallest absolute Gasteiger partial charge is 0.404 e. The minimum Gasteiger partial charge on any atom is -0.465 e. The maximum atomic E-state index is 12.9. The second-order valence-corrected chi connectivity index (χ2v) is 9.71. The number of carbonyl (C=O) groups is 2. The highest BCUT2D eigenvalue weighted by Crippen LogP contribution is 2.33. The lowest BCUT2D eigenvalue weighted by Crippen LogP contribution is -2.37. The Kier molecular flexibility index (Phi) is 7.05. The molecular weight excluding hydrogens is 525 g/mol. The summed E-state index contributed by atoms with van der Waals surface area (Å²) in [4.78, 5) is 33.1. The highest BCUT2D eigenvalue weighted by Gasteiger charge is 2.27. The minimum absolute atomic E-state index is 0.139. The number of allylic oxidation sites excluding steroid dienone is 1. The molecule has 0 aliphatic carbocycles. The molecule has 3 N–H and O–H groups in total. The monoisotopic (exact) mass is 545 g/mol. The van der Waals surface area contributed by atoms with Crippen LogP contribution in [-0.4, -0.2) is 51.1 Å². The van der Waals surface area contributed by atoms with E-state index in [0.29, 0.717) is 51.9 Å². The average molecular weight is 546 g/mol. The molecule has 2 amide bonds. The molecule has 8 nitrogen and oxygen atoms in total. The number of H-pyrrole nitrogens is 1. The molecule has 1 saturated heterocycles. The molecule has 1 aliphatic rings. The molecule has 0 radical (unpaired) electrons. The van der Waals surface area contributed by atoms with Crippen LogP contribution in [0.4, 0.5) is 4.79 Å². The lowest BCUT2D eigenvalue weighted by atomic mass is 10.0. The van der Waals surface area contributed by atoms with Crippen molar-refractivity contribution < 1.29 is 14.7 Å². The highest BCUT2D eigenvalue weighted by molar-refractivity contribution is 6.38. The van der Waals surface area contributed by atoms with Gasteiger partial charge in [-0.3, -0.25) is 4.79 Å². The van der Waals surface area contributed by atoms with Crippen molar-refractivity contribution in [1.82, 2.24) is 20.2 Å². The number of amides is 2. The van der Waals surface area contributed by atoms with E-state index in [1.54, 1.807) is 53.7 Å². The van der Waals surface area contributed by atoms with Crippen LogP contribution in [0.3, 0.4) is 0 Å². The molecule has 190 valence electrons. The number of halogens is 2. The quantitative estimate of drug-likeness (QED) is 0.262. The fourth-order valence-electron chi connectivity index (χ4n) is 4.60. The Morgan fingerprint density at radius 1 is 1.16 bits per heavy atom. The summed E-state index contributed by atoms with van der Waals surface area (Å²) in [6.07, 6.45) is 4.74. The molecule has 0 bridgehead atoms. The number of aromatic nitrogens is 2. The first kappa shape index (κ1) is 25.3. The number of carbonyl (C=O) groups excluding carboxylic acids is 1. The van der Waals surface area contributed by atoms with Gasteiger partial charge >= 0.3 is 6.09 Å². The first-order valence-corrected chi connectivity index (χ1v) is 12.5. The number of carboxylic acid groups (broad SMARTS) is 1. The van der Waals surface area contributed by atoms with Gasteiger partial charge in [0.05, 0.1) is 27.7 Å². The van der Waals surface area contributed by atoms with Gasteiger partial charge < -0.3 is 20.3 Å². The molecular formula is C28H21Cl2N5O3. The maximum absolute atomic E-state index is 12.9. The van der Waals surface area contributed by atoms with Crippen molar-refractivity contribution in [3.05, 3.63) is 87.7 Å². The van der Waals surface area contributed by atoms with E-state index >= 15 is 0 Å². The number of hydrogen-bond donors (Lipinski definition) is 3. The number of fused-ring (bicyclic) bond motifs is 1. The van der Waals surface area contributed by atoms with Crippen molar-refractivity contribution in [2.24, 2.45) is 0 Å². The van der Waals surface area contributed by atoms with Gasteiger partial charge in [-0.2, -0.15) is 5.26 Å². The Labute approximate surface area is 228 Å². The van der Waals surface area contributed by atoms with Crippen LogP contribution in [0.15, 0.2) is 60.9 Å². The van der Waals surface area contributed by atoms with Gasteiger partial charge in [0.25, 0.3) is 5.91 Å². The Morgan fingerprint density at radius 3 is 2.58 bits per heavy atom. The van der Waals surface area contributed by atoms with Crippen molar-refractivity contribution in [3.63, 3.8) is 0 Å². The average Bonchev–Trinajstić information content (AvgIpc) is 3.54. The van der Waals surface area contributed by atoms with Crippen molar-refractivity contribution in [2.45, 2.75) is 12.5 Å². The van der Waals surface area contributed by atoms with Crippen molar-refractivity contribution in [1.29, 1.82) is 5.26 Å². The molecule has 1 unspecified atom stereocenters. The summed E-state index contributed by atoms with van der Waals surface area (Å²) in [6.45, 7) is 0.849. The van der Waals surface area contributed by atoms with Gasteiger partial charge in [0.2, 0.25) is 0 Å². The van der Waals surface area contributed by atoms with E-state index in [9.17, 15) is 14.9 Å². The lowest BCUT2D eigenvalue weighted by molar-refractivity contribution is 0.0788. The number of hydrogen-bond acceptors (Lipinski definition) is 4. The zero-order chi connectivity index (χ0) is 26.8. The van der Waals surface area contributed by atoms with Crippen LogP contribution in [0.5, 0.6) is 0 Å². The third-order valence-corrected chi connectivity index (χ3v) is 7.11. The lowest BCUT2D eigenvalue weighted by Gasteiger charge is -2.16. The van der Waals surface area contributed by atoms with Crippen LogP contribution in [0, 0.1) is 11.3 Å². The van der Waals surface area contributed by atoms with Crippen LogP contribution in [0.2, 0.25) is 10.0 Å².